The fraction of sp³-hybridized carbons (Fsp3) is 0.625. The van der Waals surface area contributed by atoms with Crippen molar-refractivity contribution < 1.29 is 14.1 Å². The van der Waals surface area contributed by atoms with E-state index < -0.39 is 0 Å². The zero-order chi connectivity index (χ0) is 18.2. The molecule has 1 aliphatic rings. The second-order valence-corrected chi connectivity index (χ2v) is 5.79. The van der Waals surface area contributed by atoms with Crippen LogP contribution in [0.5, 0.6) is 0 Å². The number of hydrogen-bond acceptors (Lipinski definition) is 5. The SMILES string of the molecule is CCC(CC)c1cc(CNC(=NC)NCCN2C(=O)CNC2=O)on1. The lowest BCUT2D eigenvalue weighted by Crippen LogP contribution is -2.42. The van der Waals surface area contributed by atoms with Crippen LogP contribution in [-0.2, 0) is 11.3 Å². The lowest BCUT2D eigenvalue weighted by atomic mass is 9.99. The first kappa shape index (κ1) is 18.8. The molecular weight excluding hydrogens is 324 g/mol. The first-order valence-electron chi connectivity index (χ1n) is 8.57. The summed E-state index contributed by atoms with van der Waals surface area (Å²) in [5, 5.41) is 12.8. The summed E-state index contributed by atoms with van der Waals surface area (Å²) >= 11 is 0. The van der Waals surface area contributed by atoms with Crippen molar-refractivity contribution in [1.29, 1.82) is 0 Å². The average molecular weight is 350 g/mol. The van der Waals surface area contributed by atoms with E-state index >= 15 is 0 Å². The third kappa shape index (κ3) is 4.94. The molecule has 2 rings (SSSR count). The fourth-order valence-corrected chi connectivity index (χ4v) is 2.67. The molecule has 1 aromatic rings. The van der Waals surface area contributed by atoms with E-state index in [4.69, 9.17) is 4.52 Å². The molecule has 2 heterocycles. The highest BCUT2D eigenvalue weighted by Crippen LogP contribution is 2.22. The Bertz CT molecular complexity index is 607. The van der Waals surface area contributed by atoms with Gasteiger partial charge in [0.2, 0.25) is 5.91 Å². The number of nitrogens with one attached hydrogen (secondary N) is 3. The van der Waals surface area contributed by atoms with E-state index in [1.54, 1.807) is 7.05 Å². The number of urea groups is 1. The van der Waals surface area contributed by atoms with Crippen LogP contribution in [0.3, 0.4) is 0 Å². The van der Waals surface area contributed by atoms with Crippen molar-refractivity contribution in [2.24, 2.45) is 4.99 Å². The Labute approximate surface area is 147 Å². The first-order valence-corrected chi connectivity index (χ1v) is 8.57. The Hall–Kier alpha value is -2.58. The van der Waals surface area contributed by atoms with Crippen LogP contribution in [0, 0.1) is 0 Å². The molecule has 0 unspecified atom stereocenters. The number of carbonyl (C=O) groups is 2. The van der Waals surface area contributed by atoms with Crippen LogP contribution in [0.1, 0.15) is 44.1 Å². The summed E-state index contributed by atoms with van der Waals surface area (Å²) in [6, 6.07) is 1.61. The number of nitrogens with zero attached hydrogens (tertiary/aromatic N) is 3. The smallest absolute Gasteiger partial charge is 0.324 e. The molecule has 9 nitrogen and oxygen atoms in total. The van der Waals surface area contributed by atoms with Gasteiger partial charge in [0.1, 0.15) is 0 Å². The molecule has 0 saturated carbocycles. The molecule has 1 fully saturated rings. The van der Waals surface area contributed by atoms with Gasteiger partial charge in [0.15, 0.2) is 11.7 Å². The highest BCUT2D eigenvalue weighted by molar-refractivity contribution is 6.01. The Morgan fingerprint density at radius 2 is 2.16 bits per heavy atom. The normalized spacial score (nSPS) is 15.0. The summed E-state index contributed by atoms with van der Waals surface area (Å²) in [5.74, 6) is 1.50. The number of imide groups is 1. The second-order valence-electron chi connectivity index (χ2n) is 5.79. The number of guanidine groups is 1. The van der Waals surface area contributed by atoms with Crippen LogP contribution in [0.15, 0.2) is 15.6 Å². The summed E-state index contributed by atoms with van der Waals surface area (Å²) in [7, 11) is 1.65. The minimum Gasteiger partial charge on any atom is -0.359 e. The van der Waals surface area contributed by atoms with Crippen molar-refractivity contribution in [1.82, 2.24) is 26.0 Å². The molecule has 0 radical (unpaired) electrons. The summed E-state index contributed by atoms with van der Waals surface area (Å²) in [6.45, 7) is 5.49. The van der Waals surface area contributed by atoms with Gasteiger partial charge in [-0.2, -0.15) is 0 Å². The van der Waals surface area contributed by atoms with Crippen molar-refractivity contribution in [3.63, 3.8) is 0 Å². The molecule has 0 bridgehead atoms. The molecule has 0 aromatic carbocycles. The summed E-state index contributed by atoms with van der Waals surface area (Å²) < 4.78 is 5.36. The minimum absolute atomic E-state index is 0.0656. The summed E-state index contributed by atoms with van der Waals surface area (Å²) in [4.78, 5) is 28.2. The van der Waals surface area contributed by atoms with Crippen molar-refractivity contribution in [3.8, 4) is 0 Å². The van der Waals surface area contributed by atoms with Crippen LogP contribution in [0.2, 0.25) is 0 Å². The topological polar surface area (TPSA) is 112 Å². The predicted octanol–water partition coefficient (Wildman–Crippen LogP) is 0.795. The van der Waals surface area contributed by atoms with Crippen molar-refractivity contribution in [3.05, 3.63) is 17.5 Å². The Kier molecular flexibility index (Phi) is 6.79. The Balaban J connectivity index is 1.77. The van der Waals surface area contributed by atoms with Gasteiger partial charge in [-0.25, -0.2) is 4.79 Å². The van der Waals surface area contributed by atoms with Crippen LogP contribution < -0.4 is 16.0 Å². The lowest BCUT2D eigenvalue weighted by molar-refractivity contribution is -0.124. The molecule has 0 spiro atoms. The molecule has 138 valence electrons. The Morgan fingerprint density at radius 1 is 1.40 bits per heavy atom. The highest BCUT2D eigenvalue weighted by Gasteiger charge is 2.27. The minimum atomic E-state index is -0.356. The lowest BCUT2D eigenvalue weighted by Gasteiger charge is -2.14. The van der Waals surface area contributed by atoms with Gasteiger partial charge in [-0.15, -0.1) is 0 Å². The van der Waals surface area contributed by atoms with Crippen molar-refractivity contribution in [2.75, 3.05) is 26.7 Å². The van der Waals surface area contributed by atoms with E-state index in [1.165, 1.54) is 4.90 Å². The maximum absolute atomic E-state index is 11.5. The number of rotatable bonds is 8. The zero-order valence-electron chi connectivity index (χ0n) is 15.0. The van der Waals surface area contributed by atoms with E-state index in [0.29, 0.717) is 25.0 Å². The Morgan fingerprint density at radius 3 is 2.76 bits per heavy atom. The monoisotopic (exact) mass is 350 g/mol. The number of hydrogen-bond donors (Lipinski definition) is 3. The van der Waals surface area contributed by atoms with E-state index in [-0.39, 0.29) is 25.0 Å². The molecule has 1 aliphatic heterocycles. The molecule has 1 aromatic heterocycles. The van der Waals surface area contributed by atoms with E-state index in [2.05, 4.69) is 39.9 Å². The van der Waals surface area contributed by atoms with Crippen LogP contribution >= 0.6 is 0 Å². The van der Waals surface area contributed by atoms with Gasteiger partial charge in [-0.3, -0.25) is 14.7 Å². The molecule has 0 aliphatic carbocycles. The van der Waals surface area contributed by atoms with E-state index in [1.807, 2.05) is 6.07 Å². The first-order chi connectivity index (χ1) is 12.1. The van der Waals surface area contributed by atoms with Gasteiger partial charge in [-0.1, -0.05) is 19.0 Å². The van der Waals surface area contributed by atoms with Gasteiger partial charge >= 0.3 is 6.03 Å². The molecular formula is C16H26N6O3. The van der Waals surface area contributed by atoms with Gasteiger partial charge in [0, 0.05) is 32.1 Å². The second kappa shape index (κ2) is 9.05. The quantitative estimate of drug-likeness (QED) is 0.363. The van der Waals surface area contributed by atoms with E-state index in [9.17, 15) is 9.59 Å². The molecule has 9 heteroatoms. The molecule has 0 atom stereocenters. The molecule has 25 heavy (non-hydrogen) atoms. The molecule has 3 N–H and O–H groups in total. The largest absolute Gasteiger partial charge is 0.359 e. The van der Waals surface area contributed by atoms with Crippen molar-refractivity contribution >= 4 is 17.9 Å². The fourth-order valence-electron chi connectivity index (χ4n) is 2.67. The van der Waals surface area contributed by atoms with Gasteiger partial charge < -0.3 is 20.5 Å². The van der Waals surface area contributed by atoms with Crippen LogP contribution in [0.25, 0.3) is 0 Å². The zero-order valence-corrected chi connectivity index (χ0v) is 15.0. The van der Waals surface area contributed by atoms with Crippen molar-refractivity contribution in [2.45, 2.75) is 39.2 Å². The number of amides is 3. The third-order valence-corrected chi connectivity index (χ3v) is 4.20. The van der Waals surface area contributed by atoms with Crippen LogP contribution in [0.4, 0.5) is 4.79 Å². The maximum atomic E-state index is 11.5. The van der Waals surface area contributed by atoms with E-state index in [0.717, 1.165) is 24.3 Å². The van der Waals surface area contributed by atoms with Crippen LogP contribution in [-0.4, -0.2) is 54.6 Å². The summed E-state index contributed by atoms with van der Waals surface area (Å²) in [6.07, 6.45) is 2.06. The maximum Gasteiger partial charge on any atom is 0.324 e. The number of carbonyl (C=O) groups excluding carboxylic acids is 2. The average Bonchev–Trinajstić information content (AvgIpc) is 3.20. The molecule has 1 saturated heterocycles. The van der Waals surface area contributed by atoms with Gasteiger partial charge in [0.05, 0.1) is 18.8 Å². The third-order valence-electron chi connectivity index (χ3n) is 4.20. The highest BCUT2D eigenvalue weighted by atomic mass is 16.5. The number of aromatic nitrogens is 1. The molecule has 3 amide bonds. The summed E-state index contributed by atoms with van der Waals surface area (Å²) in [5.41, 5.74) is 0.975. The standard InChI is InChI=1S/C16H26N6O3/c1-4-11(5-2)13-8-12(25-21-13)9-19-15(17-3)18-6-7-22-14(23)10-20-16(22)24/h8,11H,4-7,9-10H2,1-3H3,(H,20,24)(H2,17,18,19). The van der Waals surface area contributed by atoms with Gasteiger partial charge in [0.25, 0.3) is 0 Å². The predicted molar refractivity (Wildman–Crippen MR) is 93.1 cm³/mol. The number of aliphatic imine (C=N–C) groups is 1. The van der Waals surface area contributed by atoms with Gasteiger partial charge in [-0.05, 0) is 12.8 Å².